The van der Waals surface area contributed by atoms with Gasteiger partial charge in [-0.15, -0.1) is 10.2 Å². The maximum absolute atomic E-state index is 11.2. The highest BCUT2D eigenvalue weighted by Crippen LogP contribution is 2.31. The van der Waals surface area contributed by atoms with Gasteiger partial charge in [0.2, 0.25) is 0 Å². The molecule has 0 N–H and O–H groups in total. The molecule has 0 atom stereocenters. The van der Waals surface area contributed by atoms with Crippen molar-refractivity contribution in [2.45, 2.75) is 6.54 Å². The molecule has 0 amide bonds. The first-order valence-electron chi connectivity index (χ1n) is 7.67. The first-order chi connectivity index (χ1) is 12.1. The number of rotatable bonds is 4. The Morgan fingerprint density at radius 1 is 1.16 bits per heavy atom. The van der Waals surface area contributed by atoms with Crippen molar-refractivity contribution in [3.8, 4) is 0 Å². The van der Waals surface area contributed by atoms with E-state index in [9.17, 15) is 10.1 Å². The molecule has 8 heteroatoms. The van der Waals surface area contributed by atoms with Gasteiger partial charge in [0.05, 0.1) is 22.5 Å². The molecule has 0 aliphatic rings. The lowest BCUT2D eigenvalue weighted by Gasteiger charge is -2.19. The predicted octanol–water partition coefficient (Wildman–Crippen LogP) is 2.82. The van der Waals surface area contributed by atoms with E-state index in [1.165, 1.54) is 6.07 Å². The van der Waals surface area contributed by atoms with Gasteiger partial charge >= 0.3 is 0 Å². The van der Waals surface area contributed by atoms with Gasteiger partial charge in [-0.25, -0.2) is 0 Å². The standard InChI is InChI=1S/C17H14N6O2/c1-21(11-16-20-19-15-6-2-3-10-22(15)16)14-8-7-13(23(24)25)12-5-4-9-18-17(12)14/h2-10H,11H2,1H3. The molecule has 0 spiro atoms. The molecule has 0 aliphatic heterocycles. The van der Waals surface area contributed by atoms with Crippen LogP contribution < -0.4 is 4.90 Å². The van der Waals surface area contributed by atoms with Crippen molar-refractivity contribution in [3.05, 3.63) is 70.8 Å². The number of pyridine rings is 2. The highest BCUT2D eigenvalue weighted by molar-refractivity contribution is 5.96. The van der Waals surface area contributed by atoms with E-state index in [-0.39, 0.29) is 10.6 Å². The van der Waals surface area contributed by atoms with Crippen molar-refractivity contribution < 1.29 is 4.92 Å². The summed E-state index contributed by atoms with van der Waals surface area (Å²) in [4.78, 5) is 17.2. The Morgan fingerprint density at radius 2 is 2.04 bits per heavy atom. The third kappa shape index (κ3) is 2.53. The molecule has 0 saturated carbocycles. The van der Waals surface area contributed by atoms with Gasteiger partial charge in [0.1, 0.15) is 5.52 Å². The smallest absolute Gasteiger partial charge is 0.278 e. The van der Waals surface area contributed by atoms with E-state index in [2.05, 4.69) is 15.2 Å². The number of nitro benzene ring substituents is 1. The van der Waals surface area contributed by atoms with E-state index < -0.39 is 0 Å². The van der Waals surface area contributed by atoms with Gasteiger partial charge in [0.25, 0.3) is 5.69 Å². The Labute approximate surface area is 142 Å². The van der Waals surface area contributed by atoms with E-state index >= 15 is 0 Å². The molecule has 1 aromatic carbocycles. The Bertz CT molecular complexity index is 1090. The van der Waals surface area contributed by atoms with Crippen molar-refractivity contribution in [1.29, 1.82) is 0 Å². The van der Waals surface area contributed by atoms with Gasteiger partial charge in [-0.2, -0.15) is 0 Å². The second kappa shape index (κ2) is 5.82. The second-order valence-corrected chi connectivity index (χ2v) is 5.66. The number of fused-ring (bicyclic) bond motifs is 2. The lowest BCUT2D eigenvalue weighted by Crippen LogP contribution is -2.19. The van der Waals surface area contributed by atoms with Crippen LogP contribution in [0, 0.1) is 10.1 Å². The molecule has 4 rings (SSSR count). The average Bonchev–Trinajstić information content (AvgIpc) is 3.03. The van der Waals surface area contributed by atoms with Gasteiger partial charge in [0, 0.05) is 25.5 Å². The third-order valence-electron chi connectivity index (χ3n) is 4.10. The average molecular weight is 334 g/mol. The SMILES string of the molecule is CN(Cc1nnc2ccccn12)c1ccc([N+](=O)[O-])c2cccnc12. The summed E-state index contributed by atoms with van der Waals surface area (Å²) < 4.78 is 1.91. The number of hydrogen-bond acceptors (Lipinski definition) is 6. The molecule has 4 aromatic rings. The van der Waals surface area contributed by atoms with Crippen molar-refractivity contribution in [2.24, 2.45) is 0 Å². The van der Waals surface area contributed by atoms with E-state index in [1.54, 1.807) is 24.4 Å². The minimum absolute atomic E-state index is 0.0492. The molecule has 0 fully saturated rings. The van der Waals surface area contributed by atoms with Gasteiger partial charge in [-0.3, -0.25) is 19.5 Å². The monoisotopic (exact) mass is 334 g/mol. The molecule has 0 saturated heterocycles. The van der Waals surface area contributed by atoms with Crippen LogP contribution in [0.15, 0.2) is 54.9 Å². The van der Waals surface area contributed by atoms with Crippen LogP contribution in [0.25, 0.3) is 16.6 Å². The van der Waals surface area contributed by atoms with Gasteiger partial charge < -0.3 is 4.90 Å². The minimum atomic E-state index is -0.389. The first-order valence-corrected chi connectivity index (χ1v) is 7.67. The van der Waals surface area contributed by atoms with E-state index in [0.29, 0.717) is 17.4 Å². The summed E-state index contributed by atoms with van der Waals surface area (Å²) in [6.45, 7) is 0.495. The summed E-state index contributed by atoms with van der Waals surface area (Å²) in [6.07, 6.45) is 3.54. The number of aromatic nitrogens is 4. The Kier molecular flexibility index (Phi) is 3.50. The number of nitrogens with zero attached hydrogens (tertiary/aromatic N) is 6. The zero-order valence-electron chi connectivity index (χ0n) is 13.4. The molecule has 0 bridgehead atoms. The minimum Gasteiger partial charge on any atom is -0.365 e. The Balaban J connectivity index is 1.77. The lowest BCUT2D eigenvalue weighted by atomic mass is 10.1. The molecule has 124 valence electrons. The van der Waals surface area contributed by atoms with Crippen LogP contribution >= 0.6 is 0 Å². The van der Waals surface area contributed by atoms with Crippen LogP contribution in [0.2, 0.25) is 0 Å². The fourth-order valence-electron chi connectivity index (χ4n) is 2.91. The third-order valence-corrected chi connectivity index (χ3v) is 4.10. The fraction of sp³-hybridized carbons (Fsp3) is 0.118. The topological polar surface area (TPSA) is 89.5 Å². The summed E-state index contributed by atoms with van der Waals surface area (Å²) in [7, 11) is 1.90. The number of hydrogen-bond donors (Lipinski definition) is 0. The summed E-state index contributed by atoms with van der Waals surface area (Å²) in [6, 6.07) is 12.4. The summed E-state index contributed by atoms with van der Waals surface area (Å²) in [5.41, 5.74) is 2.22. The normalized spacial score (nSPS) is 11.1. The highest BCUT2D eigenvalue weighted by atomic mass is 16.6. The summed E-state index contributed by atoms with van der Waals surface area (Å²) >= 11 is 0. The zero-order chi connectivity index (χ0) is 17.4. The quantitative estimate of drug-likeness (QED) is 0.421. The molecule has 8 nitrogen and oxygen atoms in total. The molecular weight excluding hydrogens is 320 g/mol. The largest absolute Gasteiger partial charge is 0.365 e. The maximum Gasteiger partial charge on any atom is 0.278 e. The maximum atomic E-state index is 11.2. The number of non-ortho nitro benzene ring substituents is 1. The van der Waals surface area contributed by atoms with Crippen LogP contribution in [-0.2, 0) is 6.54 Å². The van der Waals surface area contributed by atoms with Gasteiger partial charge in [0.15, 0.2) is 11.5 Å². The second-order valence-electron chi connectivity index (χ2n) is 5.66. The van der Waals surface area contributed by atoms with Gasteiger partial charge in [-0.05, 0) is 30.3 Å². The fourth-order valence-corrected chi connectivity index (χ4v) is 2.91. The number of anilines is 1. The van der Waals surface area contributed by atoms with Crippen LogP contribution in [0.3, 0.4) is 0 Å². The Hall–Kier alpha value is -3.55. The highest BCUT2D eigenvalue weighted by Gasteiger charge is 2.18. The first kappa shape index (κ1) is 15.0. The summed E-state index contributed by atoms with van der Waals surface area (Å²) in [5.74, 6) is 0.778. The summed E-state index contributed by atoms with van der Waals surface area (Å²) in [5, 5.41) is 20.1. The van der Waals surface area contributed by atoms with E-state index in [1.807, 2.05) is 40.7 Å². The molecule has 0 unspecified atom stereocenters. The van der Waals surface area contributed by atoms with Gasteiger partial charge in [-0.1, -0.05) is 6.07 Å². The van der Waals surface area contributed by atoms with Crippen LogP contribution in [0.5, 0.6) is 0 Å². The predicted molar refractivity (Wildman–Crippen MR) is 93.5 cm³/mol. The van der Waals surface area contributed by atoms with Crippen LogP contribution in [0.4, 0.5) is 11.4 Å². The molecular formula is C17H14N6O2. The molecule has 25 heavy (non-hydrogen) atoms. The van der Waals surface area contributed by atoms with Crippen molar-refractivity contribution in [2.75, 3.05) is 11.9 Å². The molecule has 3 aromatic heterocycles. The van der Waals surface area contributed by atoms with E-state index in [0.717, 1.165) is 17.2 Å². The van der Waals surface area contributed by atoms with Crippen LogP contribution in [0.1, 0.15) is 5.82 Å². The van der Waals surface area contributed by atoms with Crippen molar-refractivity contribution in [1.82, 2.24) is 19.6 Å². The molecule has 0 radical (unpaired) electrons. The zero-order valence-corrected chi connectivity index (χ0v) is 13.4. The number of benzene rings is 1. The van der Waals surface area contributed by atoms with Crippen LogP contribution in [-0.4, -0.2) is 31.6 Å². The molecule has 0 aliphatic carbocycles. The van der Waals surface area contributed by atoms with Crippen molar-refractivity contribution >= 4 is 27.9 Å². The molecule has 3 heterocycles. The van der Waals surface area contributed by atoms with E-state index in [4.69, 9.17) is 0 Å². The van der Waals surface area contributed by atoms with Crippen molar-refractivity contribution in [3.63, 3.8) is 0 Å². The Morgan fingerprint density at radius 3 is 2.88 bits per heavy atom. The number of nitro groups is 1. The lowest BCUT2D eigenvalue weighted by molar-refractivity contribution is -0.383.